The Hall–Kier alpha value is -1.06. The van der Waals surface area contributed by atoms with Crippen molar-refractivity contribution in [2.24, 2.45) is 22.7 Å². The van der Waals surface area contributed by atoms with E-state index < -0.39 is 0 Å². The molecule has 4 nitrogen and oxygen atoms in total. The number of ether oxygens (including phenoxy) is 2. The molecule has 1 aliphatic rings. The molecule has 0 bridgehead atoms. The highest BCUT2D eigenvalue weighted by Gasteiger charge is 2.31. The van der Waals surface area contributed by atoms with Crippen LogP contribution in [0.5, 0.6) is 0 Å². The Morgan fingerprint density at radius 1 is 0.556 bits per heavy atom. The Morgan fingerprint density at radius 3 is 1.22 bits per heavy atom. The molecular weight excluding hydrogens is 448 g/mol. The predicted molar refractivity (Wildman–Crippen MR) is 151 cm³/mol. The Labute approximate surface area is 224 Å². The van der Waals surface area contributed by atoms with E-state index in [1.165, 1.54) is 64.2 Å². The number of rotatable bonds is 20. The zero-order chi connectivity index (χ0) is 26.9. The van der Waals surface area contributed by atoms with Crippen LogP contribution in [0.25, 0.3) is 0 Å². The summed E-state index contributed by atoms with van der Waals surface area (Å²) in [6.45, 7) is 15.1. The number of carbonyl (C=O) groups is 2. The number of hydrogen-bond donors (Lipinski definition) is 0. The van der Waals surface area contributed by atoms with Gasteiger partial charge in [0, 0.05) is 0 Å². The first-order chi connectivity index (χ1) is 17.1. The monoisotopic (exact) mass is 508 g/mol. The van der Waals surface area contributed by atoms with Crippen molar-refractivity contribution in [1.82, 2.24) is 0 Å². The number of carbonyl (C=O) groups excluding carboxylic acids is 2. The summed E-state index contributed by atoms with van der Waals surface area (Å²) in [4.78, 5) is 24.8. The number of hydrogen-bond acceptors (Lipinski definition) is 4. The fourth-order valence-corrected chi connectivity index (χ4v) is 5.87. The van der Waals surface area contributed by atoms with Gasteiger partial charge < -0.3 is 9.47 Å². The number of unbranched alkanes of at least 4 members (excludes halogenated alkanes) is 6. The minimum absolute atomic E-state index is 0.0409. The standard InChI is InChI=1S/C32H60O4/c1-7-21-31(3,4)23-13-9-11-15-25-35-29(33)27-17-19-28(20-18-27)30(34)36-26-16-12-10-14-24-32(5,6)22-8-2/h27-28H,7-26H2,1-6H3. The fraction of sp³-hybridized carbons (Fsp3) is 0.938. The van der Waals surface area contributed by atoms with Crippen LogP contribution in [-0.4, -0.2) is 25.2 Å². The zero-order valence-electron chi connectivity index (χ0n) is 24.9. The zero-order valence-corrected chi connectivity index (χ0v) is 24.9. The third-order valence-corrected chi connectivity index (χ3v) is 8.23. The van der Waals surface area contributed by atoms with Crippen LogP contribution in [-0.2, 0) is 19.1 Å². The smallest absolute Gasteiger partial charge is 0.308 e. The van der Waals surface area contributed by atoms with E-state index in [0.717, 1.165) is 51.4 Å². The molecule has 0 aromatic rings. The van der Waals surface area contributed by atoms with Crippen molar-refractivity contribution in [2.75, 3.05) is 13.2 Å². The topological polar surface area (TPSA) is 52.6 Å². The van der Waals surface area contributed by atoms with Gasteiger partial charge in [-0.3, -0.25) is 9.59 Å². The molecule has 0 aromatic heterocycles. The lowest BCUT2D eigenvalue weighted by atomic mass is 9.82. The van der Waals surface area contributed by atoms with Crippen molar-refractivity contribution in [1.29, 1.82) is 0 Å². The average molecular weight is 509 g/mol. The van der Waals surface area contributed by atoms with Crippen LogP contribution in [0.2, 0.25) is 0 Å². The van der Waals surface area contributed by atoms with Crippen LogP contribution in [0.15, 0.2) is 0 Å². The second-order valence-electron chi connectivity index (χ2n) is 13.0. The van der Waals surface area contributed by atoms with Gasteiger partial charge in [-0.1, -0.05) is 92.9 Å². The van der Waals surface area contributed by atoms with E-state index in [1.54, 1.807) is 0 Å². The van der Waals surface area contributed by atoms with Crippen molar-refractivity contribution in [3.8, 4) is 0 Å². The van der Waals surface area contributed by atoms with Crippen LogP contribution in [0, 0.1) is 22.7 Å². The second-order valence-corrected chi connectivity index (χ2v) is 13.0. The van der Waals surface area contributed by atoms with E-state index in [9.17, 15) is 9.59 Å². The minimum atomic E-state index is -0.0620. The summed E-state index contributed by atoms with van der Waals surface area (Å²) in [7, 11) is 0. The minimum Gasteiger partial charge on any atom is -0.465 e. The fourth-order valence-electron chi connectivity index (χ4n) is 5.87. The van der Waals surface area contributed by atoms with Gasteiger partial charge in [0.15, 0.2) is 0 Å². The normalized spacial score (nSPS) is 18.7. The summed E-state index contributed by atoms with van der Waals surface area (Å²) in [5, 5.41) is 0. The molecule has 1 saturated carbocycles. The van der Waals surface area contributed by atoms with Gasteiger partial charge in [0.1, 0.15) is 0 Å². The van der Waals surface area contributed by atoms with Crippen LogP contribution in [0.1, 0.15) is 157 Å². The van der Waals surface area contributed by atoms with Crippen molar-refractivity contribution in [3.05, 3.63) is 0 Å². The quantitative estimate of drug-likeness (QED) is 0.121. The molecule has 212 valence electrons. The first-order valence-electron chi connectivity index (χ1n) is 15.4. The van der Waals surface area contributed by atoms with Gasteiger partial charge in [0.2, 0.25) is 0 Å². The third-order valence-electron chi connectivity index (χ3n) is 8.23. The van der Waals surface area contributed by atoms with E-state index in [2.05, 4.69) is 41.5 Å². The van der Waals surface area contributed by atoms with Gasteiger partial charge in [0.05, 0.1) is 25.0 Å². The molecule has 0 aliphatic heterocycles. The van der Waals surface area contributed by atoms with Crippen LogP contribution >= 0.6 is 0 Å². The van der Waals surface area contributed by atoms with Crippen molar-refractivity contribution in [3.63, 3.8) is 0 Å². The van der Waals surface area contributed by atoms with Gasteiger partial charge in [-0.2, -0.15) is 0 Å². The first-order valence-corrected chi connectivity index (χ1v) is 15.4. The molecule has 4 heteroatoms. The Balaban J connectivity index is 2.05. The second kappa shape index (κ2) is 18.2. The van der Waals surface area contributed by atoms with Crippen molar-refractivity contribution < 1.29 is 19.1 Å². The van der Waals surface area contributed by atoms with E-state index >= 15 is 0 Å². The van der Waals surface area contributed by atoms with Gasteiger partial charge >= 0.3 is 11.9 Å². The number of esters is 2. The molecule has 1 rings (SSSR count). The highest BCUT2D eigenvalue weighted by atomic mass is 16.5. The molecule has 1 fully saturated rings. The summed E-state index contributed by atoms with van der Waals surface area (Å²) >= 11 is 0. The van der Waals surface area contributed by atoms with Crippen LogP contribution in [0.3, 0.4) is 0 Å². The summed E-state index contributed by atoms with van der Waals surface area (Å²) in [6.07, 6.45) is 19.8. The lowest BCUT2D eigenvalue weighted by molar-refractivity contribution is -0.155. The molecule has 0 aromatic carbocycles. The molecule has 36 heavy (non-hydrogen) atoms. The molecule has 0 spiro atoms. The average Bonchev–Trinajstić information content (AvgIpc) is 2.82. The summed E-state index contributed by atoms with van der Waals surface area (Å²) in [6, 6.07) is 0. The van der Waals surface area contributed by atoms with Gasteiger partial charge in [-0.15, -0.1) is 0 Å². The van der Waals surface area contributed by atoms with E-state index in [4.69, 9.17) is 9.47 Å². The molecule has 0 heterocycles. The molecule has 0 amide bonds. The van der Waals surface area contributed by atoms with Gasteiger partial charge in [-0.05, 0) is 75.0 Å². The molecule has 0 unspecified atom stereocenters. The maximum atomic E-state index is 12.4. The summed E-state index contributed by atoms with van der Waals surface area (Å²) in [5.41, 5.74) is 0.912. The SMILES string of the molecule is CCCC(C)(C)CCCCCCOC(=O)C1CCC(C(=O)OCCCCCCC(C)(C)CCC)CC1. The molecular formula is C32H60O4. The maximum Gasteiger partial charge on any atom is 0.308 e. The molecule has 1 aliphatic carbocycles. The van der Waals surface area contributed by atoms with E-state index in [0.29, 0.717) is 24.0 Å². The highest BCUT2D eigenvalue weighted by Crippen LogP contribution is 2.32. The maximum absolute atomic E-state index is 12.4. The lowest BCUT2D eigenvalue weighted by Gasteiger charge is -2.26. The predicted octanol–water partition coefficient (Wildman–Crippen LogP) is 9.43. The third kappa shape index (κ3) is 15.3. The lowest BCUT2D eigenvalue weighted by Crippen LogP contribution is -2.28. The molecule has 0 N–H and O–H groups in total. The summed E-state index contributed by atoms with van der Waals surface area (Å²) in [5.74, 6) is -0.206. The Bertz CT molecular complexity index is 535. The molecule has 0 radical (unpaired) electrons. The highest BCUT2D eigenvalue weighted by molar-refractivity contribution is 5.75. The molecule has 0 saturated heterocycles. The molecule has 0 atom stereocenters. The van der Waals surface area contributed by atoms with Crippen molar-refractivity contribution >= 4 is 11.9 Å². The van der Waals surface area contributed by atoms with Gasteiger partial charge in [0.25, 0.3) is 0 Å². The summed E-state index contributed by atoms with van der Waals surface area (Å²) < 4.78 is 11.1. The van der Waals surface area contributed by atoms with Crippen LogP contribution < -0.4 is 0 Å². The van der Waals surface area contributed by atoms with E-state index in [-0.39, 0.29) is 23.8 Å². The Kier molecular flexibility index (Phi) is 16.7. The van der Waals surface area contributed by atoms with Gasteiger partial charge in [-0.25, -0.2) is 0 Å². The Morgan fingerprint density at radius 2 is 0.889 bits per heavy atom. The van der Waals surface area contributed by atoms with E-state index in [1.807, 2.05) is 0 Å². The van der Waals surface area contributed by atoms with Crippen LogP contribution in [0.4, 0.5) is 0 Å². The first kappa shape index (κ1) is 33.0. The van der Waals surface area contributed by atoms with Crippen molar-refractivity contribution in [2.45, 2.75) is 157 Å². The largest absolute Gasteiger partial charge is 0.465 e.